The molecule has 2 aliphatic rings. The Hall–Kier alpha value is -5.94. The van der Waals surface area contributed by atoms with Crippen LogP contribution in [-0.2, 0) is 32.8 Å². The van der Waals surface area contributed by atoms with Gasteiger partial charge in [0, 0.05) is 5.56 Å². The fourth-order valence-electron chi connectivity index (χ4n) is 6.40. The van der Waals surface area contributed by atoms with Crippen LogP contribution in [0.2, 0.25) is 0 Å². The molecule has 5 nitrogen and oxygen atoms in total. The van der Waals surface area contributed by atoms with Crippen LogP contribution >= 0.6 is 0 Å². The van der Waals surface area contributed by atoms with Crippen molar-refractivity contribution < 1.29 is 23.7 Å². The first kappa shape index (κ1) is 30.4. The minimum Gasteiger partial charge on any atom is -0.485 e. The highest BCUT2D eigenvalue weighted by Crippen LogP contribution is 2.52. The Morgan fingerprint density at radius 3 is 1.45 bits per heavy atom. The first-order chi connectivity index (χ1) is 24.3. The van der Waals surface area contributed by atoms with E-state index in [4.69, 9.17) is 23.7 Å². The van der Waals surface area contributed by atoms with Gasteiger partial charge in [0.2, 0.25) is 5.75 Å². The Balaban J connectivity index is 1.14. The molecule has 0 fully saturated rings. The van der Waals surface area contributed by atoms with Crippen molar-refractivity contribution in [3.8, 4) is 28.7 Å². The molecule has 0 spiro atoms. The van der Waals surface area contributed by atoms with Gasteiger partial charge in [0.15, 0.2) is 23.0 Å². The quantitative estimate of drug-likeness (QED) is 0.133. The first-order valence-electron chi connectivity index (χ1n) is 16.6. The number of benzene rings is 6. The summed E-state index contributed by atoms with van der Waals surface area (Å²) in [6.07, 6.45) is 0.775. The Bertz CT molecular complexity index is 2070. The first-order valence-corrected chi connectivity index (χ1v) is 16.6. The maximum Gasteiger partial charge on any atom is 0.204 e. The van der Waals surface area contributed by atoms with Gasteiger partial charge in [-0.3, -0.25) is 0 Å². The van der Waals surface area contributed by atoms with Crippen LogP contribution < -0.4 is 23.7 Å². The number of fused-ring (bicyclic) bond motifs is 4. The molecular formula is C44H36O5. The zero-order valence-electron chi connectivity index (χ0n) is 27.1. The van der Waals surface area contributed by atoms with Gasteiger partial charge in [0.05, 0.1) is 0 Å². The van der Waals surface area contributed by atoms with Gasteiger partial charge < -0.3 is 23.7 Å². The molecule has 0 N–H and O–H groups in total. The van der Waals surface area contributed by atoms with Gasteiger partial charge in [-0.25, -0.2) is 0 Å². The predicted molar refractivity (Wildman–Crippen MR) is 191 cm³/mol. The van der Waals surface area contributed by atoms with E-state index >= 15 is 0 Å². The SMILES string of the molecule is c1ccc(COc2cc3c(cc2OCc2ccccc2)C2=C(COc4c2ccc(OCc2ccccc2)c4OCc2ccccc2)C3)cc1. The molecule has 6 aromatic rings. The van der Waals surface area contributed by atoms with E-state index < -0.39 is 0 Å². The molecule has 0 radical (unpaired) electrons. The zero-order chi connectivity index (χ0) is 32.8. The summed E-state index contributed by atoms with van der Waals surface area (Å²) >= 11 is 0. The average Bonchev–Trinajstić information content (AvgIpc) is 3.53. The van der Waals surface area contributed by atoms with E-state index in [1.165, 1.54) is 11.1 Å². The maximum atomic E-state index is 6.53. The van der Waals surface area contributed by atoms with Crippen molar-refractivity contribution in [1.82, 2.24) is 0 Å². The normalized spacial score (nSPS) is 12.7. The van der Waals surface area contributed by atoms with Gasteiger partial charge in [-0.2, -0.15) is 0 Å². The minimum absolute atomic E-state index is 0.393. The standard InChI is InChI=1S/C44H36O5/c1-5-13-31(14-6-1)26-45-39-22-21-37-42-36(30-49-43(37)44(39)48-29-34-19-11-4-12-20-34)23-35-24-40(46-27-32-15-7-2-8-16-32)41(25-38(35)42)47-28-33-17-9-3-10-18-33/h1-22,24-25H,23,26-30H2. The number of hydrogen-bond acceptors (Lipinski definition) is 5. The van der Waals surface area contributed by atoms with E-state index in [2.05, 4.69) is 66.7 Å². The van der Waals surface area contributed by atoms with Gasteiger partial charge in [-0.05, 0) is 75.2 Å². The van der Waals surface area contributed by atoms with Crippen molar-refractivity contribution in [2.45, 2.75) is 32.8 Å². The summed E-state index contributed by atoms with van der Waals surface area (Å²) < 4.78 is 32.3. The van der Waals surface area contributed by atoms with E-state index in [0.717, 1.165) is 51.1 Å². The van der Waals surface area contributed by atoms with Crippen molar-refractivity contribution >= 4 is 5.57 Å². The number of ether oxygens (including phenoxy) is 5. The molecule has 1 heterocycles. The number of rotatable bonds is 12. The molecule has 1 aliphatic heterocycles. The van der Waals surface area contributed by atoms with Gasteiger partial charge in [-0.1, -0.05) is 121 Å². The van der Waals surface area contributed by atoms with Crippen molar-refractivity contribution in [3.63, 3.8) is 0 Å². The fourth-order valence-corrected chi connectivity index (χ4v) is 6.40. The topological polar surface area (TPSA) is 46.2 Å². The summed E-state index contributed by atoms with van der Waals surface area (Å²) in [7, 11) is 0. The Morgan fingerprint density at radius 2 is 0.918 bits per heavy atom. The molecule has 0 bridgehead atoms. The zero-order valence-corrected chi connectivity index (χ0v) is 27.1. The monoisotopic (exact) mass is 644 g/mol. The second-order valence-electron chi connectivity index (χ2n) is 12.3. The summed E-state index contributed by atoms with van der Waals surface area (Å²) in [5.74, 6) is 3.40. The van der Waals surface area contributed by atoms with Gasteiger partial charge in [-0.15, -0.1) is 0 Å². The van der Waals surface area contributed by atoms with Gasteiger partial charge >= 0.3 is 0 Å². The Labute approximate surface area is 287 Å². The smallest absolute Gasteiger partial charge is 0.204 e. The molecule has 0 saturated heterocycles. The van der Waals surface area contributed by atoms with Crippen LogP contribution in [0, 0.1) is 0 Å². The second kappa shape index (κ2) is 14.0. The maximum absolute atomic E-state index is 6.53. The summed E-state index contributed by atoms with van der Waals surface area (Å²) in [4.78, 5) is 0. The molecule has 49 heavy (non-hydrogen) atoms. The van der Waals surface area contributed by atoms with Crippen LogP contribution in [-0.4, -0.2) is 6.61 Å². The lowest BCUT2D eigenvalue weighted by Gasteiger charge is -2.25. The van der Waals surface area contributed by atoms with Crippen molar-refractivity contribution in [3.05, 3.63) is 190 Å². The van der Waals surface area contributed by atoms with Gasteiger partial charge in [0.25, 0.3) is 0 Å². The van der Waals surface area contributed by atoms with Crippen molar-refractivity contribution in [2.75, 3.05) is 6.61 Å². The third kappa shape index (κ3) is 6.74. The molecule has 0 saturated carbocycles. The van der Waals surface area contributed by atoms with Crippen LogP contribution in [0.15, 0.2) is 151 Å². The molecule has 0 aromatic heterocycles. The third-order valence-electron chi connectivity index (χ3n) is 8.87. The van der Waals surface area contributed by atoms with Crippen molar-refractivity contribution in [1.29, 1.82) is 0 Å². The summed E-state index contributed by atoms with van der Waals surface area (Å²) in [6.45, 7) is 2.17. The Morgan fingerprint density at radius 1 is 0.449 bits per heavy atom. The highest BCUT2D eigenvalue weighted by Gasteiger charge is 2.33. The molecule has 242 valence electrons. The van der Waals surface area contributed by atoms with E-state index in [1.807, 2.05) is 78.9 Å². The molecule has 5 heteroatoms. The largest absolute Gasteiger partial charge is 0.485 e. The van der Waals surface area contributed by atoms with Crippen LogP contribution in [0.3, 0.4) is 0 Å². The van der Waals surface area contributed by atoms with Crippen LogP contribution in [0.5, 0.6) is 28.7 Å². The Kier molecular flexibility index (Phi) is 8.71. The highest BCUT2D eigenvalue weighted by atomic mass is 16.5. The lowest BCUT2D eigenvalue weighted by molar-refractivity contribution is 0.237. The van der Waals surface area contributed by atoms with Crippen LogP contribution in [0.4, 0.5) is 0 Å². The fraction of sp³-hybridized carbons (Fsp3) is 0.136. The lowest BCUT2D eigenvalue weighted by atomic mass is 9.94. The molecule has 0 unspecified atom stereocenters. The van der Waals surface area contributed by atoms with Crippen molar-refractivity contribution in [2.24, 2.45) is 0 Å². The minimum atomic E-state index is 0.393. The second-order valence-corrected chi connectivity index (χ2v) is 12.3. The highest BCUT2D eigenvalue weighted by molar-refractivity contribution is 5.93. The molecule has 1 aliphatic carbocycles. The van der Waals surface area contributed by atoms with E-state index in [9.17, 15) is 0 Å². The van der Waals surface area contributed by atoms with Crippen LogP contribution in [0.1, 0.15) is 38.9 Å². The molecule has 0 atom stereocenters. The van der Waals surface area contributed by atoms with E-state index in [-0.39, 0.29) is 0 Å². The summed E-state index contributed by atoms with van der Waals surface area (Å²) in [6, 6.07) is 49.1. The van der Waals surface area contributed by atoms with E-state index in [0.29, 0.717) is 56.0 Å². The van der Waals surface area contributed by atoms with Crippen LogP contribution in [0.25, 0.3) is 5.57 Å². The summed E-state index contributed by atoms with van der Waals surface area (Å²) in [5, 5.41) is 0. The summed E-state index contributed by atoms with van der Waals surface area (Å²) in [5.41, 5.74) is 10.0. The van der Waals surface area contributed by atoms with Gasteiger partial charge in [0.1, 0.15) is 33.0 Å². The molecular weight excluding hydrogens is 608 g/mol. The third-order valence-corrected chi connectivity index (χ3v) is 8.87. The predicted octanol–water partition coefficient (Wildman–Crippen LogP) is 9.75. The average molecular weight is 645 g/mol. The molecule has 6 aromatic carbocycles. The molecule has 8 rings (SSSR count). The van der Waals surface area contributed by atoms with E-state index in [1.54, 1.807) is 0 Å². The lowest BCUT2D eigenvalue weighted by Crippen LogP contribution is -2.12. The number of hydrogen-bond donors (Lipinski definition) is 0. The molecule has 0 amide bonds.